The number of hydrogen-bond donors (Lipinski definition) is 0. The zero-order chi connectivity index (χ0) is 11.9. The van der Waals surface area contributed by atoms with Crippen molar-refractivity contribution in [3.05, 3.63) is 69.7 Å². The Bertz CT molecular complexity index is 724. The first kappa shape index (κ1) is 10.1. The molecule has 0 saturated carbocycles. The van der Waals surface area contributed by atoms with E-state index >= 15 is 0 Å². The van der Waals surface area contributed by atoms with Crippen LogP contribution in [-0.4, -0.2) is 0 Å². The summed E-state index contributed by atoms with van der Waals surface area (Å²) in [7, 11) is 0. The smallest absolute Gasteiger partial charge is 0.00822 e. The molecule has 3 aliphatic rings. The van der Waals surface area contributed by atoms with E-state index in [9.17, 15) is 0 Å². The summed E-state index contributed by atoms with van der Waals surface area (Å²) in [6.07, 6.45) is 18.4. The minimum atomic E-state index is 1.09. The van der Waals surface area contributed by atoms with Crippen LogP contribution >= 0.6 is 0 Å². The molecule has 0 saturated heterocycles. The summed E-state index contributed by atoms with van der Waals surface area (Å²) in [4.78, 5) is 0. The highest BCUT2D eigenvalue weighted by molar-refractivity contribution is 5.76. The van der Waals surface area contributed by atoms with E-state index in [1.54, 1.807) is 11.1 Å². The maximum atomic E-state index is 2.44. The van der Waals surface area contributed by atoms with Gasteiger partial charge >= 0.3 is 0 Å². The monoisotopic (exact) mass is 232 g/mol. The number of hydrogen-bond acceptors (Lipinski definition) is 0. The fourth-order valence-corrected chi connectivity index (χ4v) is 3.33. The van der Waals surface area contributed by atoms with Gasteiger partial charge in [0.05, 0.1) is 0 Å². The van der Waals surface area contributed by atoms with Crippen molar-refractivity contribution in [3.8, 4) is 0 Å². The van der Waals surface area contributed by atoms with Crippen LogP contribution in [-0.2, 0) is 12.8 Å². The lowest BCUT2D eigenvalue weighted by Crippen LogP contribution is -2.26. The van der Waals surface area contributed by atoms with E-state index in [0.29, 0.717) is 0 Å². The number of benzene rings is 1. The first-order valence-electron chi connectivity index (χ1n) is 6.81. The molecule has 0 bridgehead atoms. The molecule has 0 aromatic heterocycles. The first-order chi connectivity index (χ1) is 8.93. The Morgan fingerprint density at radius 2 is 1.94 bits per heavy atom. The van der Waals surface area contributed by atoms with Gasteiger partial charge in [0.25, 0.3) is 0 Å². The normalized spacial score (nSPS) is 19.6. The van der Waals surface area contributed by atoms with Crippen molar-refractivity contribution >= 4 is 11.6 Å². The van der Waals surface area contributed by atoms with Crippen LogP contribution in [0.2, 0.25) is 0 Å². The quantitative estimate of drug-likeness (QED) is 0.645. The molecule has 1 aromatic carbocycles. The van der Waals surface area contributed by atoms with Crippen molar-refractivity contribution in [1.82, 2.24) is 0 Å². The average Bonchev–Trinajstić information content (AvgIpc) is 2.46. The van der Waals surface area contributed by atoms with E-state index in [-0.39, 0.29) is 0 Å². The van der Waals surface area contributed by atoms with E-state index in [1.165, 1.54) is 34.4 Å². The molecule has 0 radical (unpaired) electrons. The van der Waals surface area contributed by atoms with Crippen molar-refractivity contribution < 1.29 is 0 Å². The summed E-state index contributed by atoms with van der Waals surface area (Å²) in [6.45, 7) is 0. The largest absolute Gasteiger partial charge is 0.0836 e. The van der Waals surface area contributed by atoms with Gasteiger partial charge in [0.1, 0.15) is 0 Å². The van der Waals surface area contributed by atoms with E-state index in [0.717, 1.165) is 12.8 Å². The minimum Gasteiger partial charge on any atom is -0.0836 e. The Balaban J connectivity index is 2.09. The van der Waals surface area contributed by atoms with Crippen LogP contribution in [0.4, 0.5) is 0 Å². The number of rotatable bonds is 0. The second-order valence-corrected chi connectivity index (χ2v) is 5.25. The van der Waals surface area contributed by atoms with Crippen molar-refractivity contribution in [2.45, 2.75) is 25.7 Å². The topological polar surface area (TPSA) is 0 Å². The summed E-state index contributed by atoms with van der Waals surface area (Å²) in [5.41, 5.74) is 6.12. The van der Waals surface area contributed by atoms with Crippen molar-refractivity contribution in [2.75, 3.05) is 0 Å². The van der Waals surface area contributed by atoms with Gasteiger partial charge in [-0.3, -0.25) is 0 Å². The predicted molar refractivity (Wildman–Crippen MR) is 76.6 cm³/mol. The van der Waals surface area contributed by atoms with Gasteiger partial charge in [-0.25, -0.2) is 0 Å². The lowest BCUT2D eigenvalue weighted by molar-refractivity contribution is 0.963. The molecule has 0 nitrogen and oxygen atoms in total. The van der Waals surface area contributed by atoms with Gasteiger partial charge in [-0.1, -0.05) is 48.6 Å². The van der Waals surface area contributed by atoms with Crippen LogP contribution in [0.5, 0.6) is 0 Å². The predicted octanol–water partition coefficient (Wildman–Crippen LogP) is 2.56. The zero-order valence-corrected chi connectivity index (χ0v) is 10.4. The van der Waals surface area contributed by atoms with Crippen molar-refractivity contribution in [3.63, 3.8) is 0 Å². The molecule has 0 N–H and O–H groups in total. The third-order valence-electron chi connectivity index (χ3n) is 4.25. The highest BCUT2D eigenvalue weighted by atomic mass is 14.2. The molecule has 0 amide bonds. The Kier molecular flexibility index (Phi) is 2.16. The van der Waals surface area contributed by atoms with E-state index in [1.807, 2.05) is 0 Å². The minimum absolute atomic E-state index is 1.09. The maximum absolute atomic E-state index is 2.44. The molecular weight excluding hydrogens is 216 g/mol. The Morgan fingerprint density at radius 3 is 2.94 bits per heavy atom. The fraction of sp³-hybridized carbons (Fsp3) is 0.222. The van der Waals surface area contributed by atoms with Gasteiger partial charge in [0.2, 0.25) is 0 Å². The lowest BCUT2D eigenvalue weighted by Gasteiger charge is -2.21. The molecule has 0 atom stereocenters. The van der Waals surface area contributed by atoms with Crippen LogP contribution < -0.4 is 10.4 Å². The second-order valence-electron chi connectivity index (χ2n) is 5.25. The summed E-state index contributed by atoms with van der Waals surface area (Å²) >= 11 is 0. The molecule has 88 valence electrons. The number of fused-ring (bicyclic) bond motifs is 4. The fourth-order valence-electron chi connectivity index (χ4n) is 3.33. The summed E-state index contributed by atoms with van der Waals surface area (Å²) in [5.74, 6) is 0. The van der Waals surface area contributed by atoms with Crippen LogP contribution in [0.3, 0.4) is 0 Å². The van der Waals surface area contributed by atoms with E-state index in [2.05, 4.69) is 48.6 Å². The molecule has 18 heavy (non-hydrogen) atoms. The average molecular weight is 232 g/mol. The van der Waals surface area contributed by atoms with Crippen molar-refractivity contribution in [2.24, 2.45) is 0 Å². The van der Waals surface area contributed by atoms with E-state index < -0.39 is 0 Å². The molecule has 0 unspecified atom stereocenters. The second kappa shape index (κ2) is 3.84. The molecule has 0 heterocycles. The van der Waals surface area contributed by atoms with Crippen LogP contribution in [0.15, 0.2) is 48.1 Å². The van der Waals surface area contributed by atoms with Gasteiger partial charge in [0.15, 0.2) is 0 Å². The molecule has 0 spiro atoms. The Labute approximate surface area is 107 Å². The van der Waals surface area contributed by atoms with Gasteiger partial charge in [-0.05, 0) is 58.4 Å². The molecule has 3 aliphatic carbocycles. The summed E-state index contributed by atoms with van der Waals surface area (Å²) < 4.78 is 0. The van der Waals surface area contributed by atoms with E-state index in [4.69, 9.17) is 0 Å². The molecule has 0 heteroatoms. The summed E-state index contributed by atoms with van der Waals surface area (Å²) in [6, 6.07) is 4.61. The summed E-state index contributed by atoms with van der Waals surface area (Å²) in [5, 5.41) is 2.89. The van der Waals surface area contributed by atoms with Gasteiger partial charge in [-0.2, -0.15) is 0 Å². The standard InChI is InChI=1S/C18H16/c1-3-7-15-13(5-1)9-11-18-16-8-4-2-6-14(16)10-12-17(15)18/h1,3-5,8-11H,2,6-7,12H2. The lowest BCUT2D eigenvalue weighted by atomic mass is 9.83. The third kappa shape index (κ3) is 1.38. The first-order valence-corrected chi connectivity index (χ1v) is 6.81. The highest BCUT2D eigenvalue weighted by Gasteiger charge is 2.16. The molecular formula is C18H16. The third-order valence-corrected chi connectivity index (χ3v) is 4.25. The Morgan fingerprint density at radius 1 is 0.944 bits per heavy atom. The van der Waals surface area contributed by atoms with Gasteiger partial charge in [-0.15, -0.1) is 0 Å². The molecule has 4 rings (SSSR count). The molecule has 1 aromatic rings. The van der Waals surface area contributed by atoms with Gasteiger partial charge < -0.3 is 0 Å². The SMILES string of the molecule is C1=CCc2c3c(ccc2=C1)=C1C=CCCC1=CC3. The van der Waals surface area contributed by atoms with Crippen LogP contribution in [0.25, 0.3) is 11.6 Å². The number of allylic oxidation sites excluding steroid dienone is 6. The van der Waals surface area contributed by atoms with Crippen LogP contribution in [0, 0.1) is 0 Å². The maximum Gasteiger partial charge on any atom is -0.00822 e. The van der Waals surface area contributed by atoms with Crippen LogP contribution in [0.1, 0.15) is 24.0 Å². The van der Waals surface area contributed by atoms with Gasteiger partial charge in [0, 0.05) is 0 Å². The zero-order valence-electron chi connectivity index (χ0n) is 10.4. The molecule has 0 fully saturated rings. The molecule has 0 aliphatic heterocycles. The highest BCUT2D eigenvalue weighted by Crippen LogP contribution is 2.27. The Hall–Kier alpha value is -1.82. The van der Waals surface area contributed by atoms with Crippen molar-refractivity contribution in [1.29, 1.82) is 0 Å².